The molecule has 82 valence electrons. The van der Waals surface area contributed by atoms with Crippen molar-refractivity contribution in [1.82, 2.24) is 0 Å². The molecule has 0 amide bonds. The second-order valence-electron chi connectivity index (χ2n) is 4.36. The molecule has 0 saturated carbocycles. The molecule has 1 saturated heterocycles. The van der Waals surface area contributed by atoms with Crippen molar-refractivity contribution in [1.29, 1.82) is 0 Å². The van der Waals surface area contributed by atoms with Crippen molar-refractivity contribution in [3.63, 3.8) is 0 Å². The van der Waals surface area contributed by atoms with Crippen LogP contribution in [0.5, 0.6) is 0 Å². The van der Waals surface area contributed by atoms with Gasteiger partial charge in [-0.25, -0.2) is 0 Å². The second-order valence-corrected chi connectivity index (χ2v) is 4.36. The third-order valence-corrected chi connectivity index (χ3v) is 3.27. The summed E-state index contributed by atoms with van der Waals surface area (Å²) in [5.74, 6) is 0. The van der Waals surface area contributed by atoms with Gasteiger partial charge >= 0.3 is 0 Å². The summed E-state index contributed by atoms with van der Waals surface area (Å²) in [6.07, 6.45) is 4.05. The molecule has 1 aliphatic heterocycles. The lowest BCUT2D eigenvalue weighted by Crippen LogP contribution is -2.29. The summed E-state index contributed by atoms with van der Waals surface area (Å²) in [6.45, 7) is 5.21. The van der Waals surface area contributed by atoms with Gasteiger partial charge in [0.05, 0.1) is 0 Å². The van der Waals surface area contributed by atoms with Crippen molar-refractivity contribution < 1.29 is 0 Å². The lowest BCUT2D eigenvalue weighted by atomic mass is 10.1. The zero-order chi connectivity index (χ0) is 10.7. The largest absolute Gasteiger partial charge is 0.372 e. The Balaban J connectivity index is 2.17. The van der Waals surface area contributed by atoms with Gasteiger partial charge in [-0.2, -0.15) is 0 Å². The van der Waals surface area contributed by atoms with Gasteiger partial charge < -0.3 is 10.6 Å². The van der Waals surface area contributed by atoms with Gasteiger partial charge in [0, 0.05) is 25.3 Å². The maximum Gasteiger partial charge on any atom is 0.0369 e. The highest BCUT2D eigenvalue weighted by molar-refractivity contribution is 5.51. The number of nitrogens with zero attached hydrogens (tertiary/aromatic N) is 1. The predicted octanol–water partition coefficient (Wildman–Crippen LogP) is 2.44. The van der Waals surface area contributed by atoms with Gasteiger partial charge in [-0.3, -0.25) is 0 Å². The van der Waals surface area contributed by atoms with E-state index in [-0.39, 0.29) is 0 Å². The van der Waals surface area contributed by atoms with Crippen LogP contribution < -0.4 is 10.6 Å². The molecule has 2 nitrogen and oxygen atoms in total. The standard InChI is InChI=1S/C13H20N2/c1-11-9-13(6-5-12(11)10-14)15-7-3-2-4-8-15/h5-6,9H,2-4,7-8,10,14H2,1H3. The fourth-order valence-electron chi connectivity index (χ4n) is 2.26. The summed E-state index contributed by atoms with van der Waals surface area (Å²) in [7, 11) is 0. The Labute approximate surface area is 92.1 Å². The van der Waals surface area contributed by atoms with Gasteiger partial charge in [0.1, 0.15) is 0 Å². The van der Waals surface area contributed by atoms with E-state index < -0.39 is 0 Å². The third kappa shape index (κ3) is 2.32. The van der Waals surface area contributed by atoms with E-state index in [1.807, 2.05) is 0 Å². The summed E-state index contributed by atoms with van der Waals surface area (Å²) in [6, 6.07) is 6.65. The van der Waals surface area contributed by atoms with Gasteiger partial charge in [0.2, 0.25) is 0 Å². The fraction of sp³-hybridized carbons (Fsp3) is 0.538. The molecule has 0 aliphatic carbocycles. The number of anilines is 1. The molecule has 2 rings (SSSR count). The van der Waals surface area contributed by atoms with Gasteiger partial charge in [-0.05, 0) is 49.4 Å². The van der Waals surface area contributed by atoms with E-state index in [4.69, 9.17) is 5.73 Å². The normalized spacial score (nSPS) is 16.8. The third-order valence-electron chi connectivity index (χ3n) is 3.27. The van der Waals surface area contributed by atoms with Crippen molar-refractivity contribution in [2.75, 3.05) is 18.0 Å². The molecular formula is C13H20N2. The molecular weight excluding hydrogens is 184 g/mol. The zero-order valence-corrected chi connectivity index (χ0v) is 9.50. The van der Waals surface area contributed by atoms with Gasteiger partial charge in [-0.15, -0.1) is 0 Å². The van der Waals surface area contributed by atoms with Crippen LogP contribution in [-0.2, 0) is 6.54 Å². The fourth-order valence-corrected chi connectivity index (χ4v) is 2.26. The highest BCUT2D eigenvalue weighted by Gasteiger charge is 2.11. The van der Waals surface area contributed by atoms with E-state index in [0.29, 0.717) is 6.54 Å². The van der Waals surface area contributed by atoms with Crippen molar-refractivity contribution in [2.45, 2.75) is 32.7 Å². The average molecular weight is 204 g/mol. The lowest BCUT2D eigenvalue weighted by Gasteiger charge is -2.29. The summed E-state index contributed by atoms with van der Waals surface area (Å²) in [5, 5.41) is 0. The molecule has 2 N–H and O–H groups in total. The molecule has 0 spiro atoms. The average Bonchev–Trinajstić information content (AvgIpc) is 2.30. The maximum absolute atomic E-state index is 5.67. The van der Waals surface area contributed by atoms with Crippen molar-refractivity contribution in [3.8, 4) is 0 Å². The van der Waals surface area contributed by atoms with E-state index in [2.05, 4.69) is 30.0 Å². The number of hydrogen-bond acceptors (Lipinski definition) is 2. The number of piperidine rings is 1. The predicted molar refractivity (Wildman–Crippen MR) is 65.1 cm³/mol. The monoisotopic (exact) mass is 204 g/mol. The van der Waals surface area contributed by atoms with E-state index in [0.717, 1.165) is 0 Å². The first kappa shape index (κ1) is 10.5. The minimum atomic E-state index is 0.645. The smallest absolute Gasteiger partial charge is 0.0369 e. The van der Waals surface area contributed by atoms with E-state index in [1.165, 1.54) is 49.2 Å². The molecule has 1 aromatic carbocycles. The van der Waals surface area contributed by atoms with E-state index >= 15 is 0 Å². The number of aryl methyl sites for hydroxylation is 1. The number of hydrogen-bond donors (Lipinski definition) is 1. The Kier molecular flexibility index (Phi) is 3.27. The van der Waals surface area contributed by atoms with Crippen molar-refractivity contribution in [3.05, 3.63) is 29.3 Å². The SMILES string of the molecule is Cc1cc(N2CCCCC2)ccc1CN. The molecule has 2 heteroatoms. The minimum Gasteiger partial charge on any atom is -0.372 e. The van der Waals surface area contributed by atoms with Gasteiger partial charge in [0.25, 0.3) is 0 Å². The molecule has 0 radical (unpaired) electrons. The summed E-state index contributed by atoms with van der Waals surface area (Å²) in [5.41, 5.74) is 9.61. The molecule has 0 bridgehead atoms. The number of benzene rings is 1. The van der Waals surface area contributed by atoms with Crippen LogP contribution in [-0.4, -0.2) is 13.1 Å². The second kappa shape index (κ2) is 4.67. The van der Waals surface area contributed by atoms with Crippen LogP contribution in [0, 0.1) is 6.92 Å². The van der Waals surface area contributed by atoms with Crippen molar-refractivity contribution in [2.24, 2.45) is 5.73 Å². The molecule has 1 fully saturated rings. The first-order valence-corrected chi connectivity index (χ1v) is 5.86. The number of rotatable bonds is 2. The van der Waals surface area contributed by atoms with Crippen LogP contribution in [0.2, 0.25) is 0 Å². The highest BCUT2D eigenvalue weighted by atomic mass is 15.1. The minimum absolute atomic E-state index is 0.645. The Morgan fingerprint density at radius 2 is 1.93 bits per heavy atom. The van der Waals surface area contributed by atoms with Gasteiger partial charge in [0.15, 0.2) is 0 Å². The quantitative estimate of drug-likeness (QED) is 0.801. The van der Waals surface area contributed by atoms with Crippen LogP contribution in [0.3, 0.4) is 0 Å². The van der Waals surface area contributed by atoms with Crippen LogP contribution in [0.1, 0.15) is 30.4 Å². The molecule has 1 aromatic rings. The maximum atomic E-state index is 5.67. The highest BCUT2D eigenvalue weighted by Crippen LogP contribution is 2.22. The van der Waals surface area contributed by atoms with Gasteiger partial charge in [-0.1, -0.05) is 6.07 Å². The lowest BCUT2D eigenvalue weighted by molar-refractivity contribution is 0.577. The topological polar surface area (TPSA) is 29.3 Å². The molecule has 0 aromatic heterocycles. The Hall–Kier alpha value is -1.02. The van der Waals surface area contributed by atoms with E-state index in [1.54, 1.807) is 0 Å². The Morgan fingerprint density at radius 1 is 1.20 bits per heavy atom. The molecule has 15 heavy (non-hydrogen) atoms. The van der Waals surface area contributed by atoms with Crippen LogP contribution >= 0.6 is 0 Å². The molecule has 1 heterocycles. The summed E-state index contributed by atoms with van der Waals surface area (Å²) < 4.78 is 0. The summed E-state index contributed by atoms with van der Waals surface area (Å²) >= 11 is 0. The molecule has 0 atom stereocenters. The zero-order valence-electron chi connectivity index (χ0n) is 9.50. The van der Waals surface area contributed by atoms with Crippen LogP contribution in [0.25, 0.3) is 0 Å². The van der Waals surface area contributed by atoms with Crippen LogP contribution in [0.4, 0.5) is 5.69 Å². The Morgan fingerprint density at radius 3 is 2.53 bits per heavy atom. The number of nitrogens with two attached hydrogens (primary N) is 1. The van der Waals surface area contributed by atoms with E-state index in [9.17, 15) is 0 Å². The molecule has 0 unspecified atom stereocenters. The van der Waals surface area contributed by atoms with Crippen LogP contribution in [0.15, 0.2) is 18.2 Å². The first-order valence-electron chi connectivity index (χ1n) is 5.86. The first-order chi connectivity index (χ1) is 7.31. The molecule has 1 aliphatic rings. The van der Waals surface area contributed by atoms with Crippen molar-refractivity contribution >= 4 is 5.69 Å². The summed E-state index contributed by atoms with van der Waals surface area (Å²) in [4.78, 5) is 2.48. The Bertz CT molecular complexity index is 327.